The molecule has 0 bridgehead atoms. The zero-order valence-electron chi connectivity index (χ0n) is 15.4. The highest BCUT2D eigenvalue weighted by Gasteiger charge is 2.18. The molecule has 1 amide bonds. The summed E-state index contributed by atoms with van der Waals surface area (Å²) in [7, 11) is 0. The second kappa shape index (κ2) is 9.82. The molecule has 3 rings (SSSR count). The lowest BCUT2D eigenvalue weighted by Gasteiger charge is -2.36. The molecule has 2 aromatic rings. The molecule has 1 fully saturated rings. The van der Waals surface area contributed by atoms with Gasteiger partial charge in [-0.2, -0.15) is 0 Å². The number of benzene rings is 2. The first-order valence-electron chi connectivity index (χ1n) is 9.18. The van der Waals surface area contributed by atoms with Gasteiger partial charge in [-0.15, -0.1) is 0 Å². The number of rotatable bonds is 6. The summed E-state index contributed by atoms with van der Waals surface area (Å²) in [6.45, 7) is 4.97. The topological polar surface area (TPSA) is 55.8 Å². The highest BCUT2D eigenvalue weighted by Crippen LogP contribution is 2.32. The molecule has 0 unspecified atom stereocenters. The molecule has 0 saturated carbocycles. The summed E-state index contributed by atoms with van der Waals surface area (Å²) in [5.74, 6) is -0.00848. The van der Waals surface area contributed by atoms with E-state index in [0.29, 0.717) is 22.2 Å². The Morgan fingerprint density at radius 1 is 1.04 bits per heavy atom. The van der Waals surface area contributed by atoms with Gasteiger partial charge in [0.05, 0.1) is 15.7 Å². The number of nitrogens with zero attached hydrogens (tertiary/aromatic N) is 2. The van der Waals surface area contributed by atoms with Crippen LogP contribution in [0.15, 0.2) is 54.6 Å². The van der Waals surface area contributed by atoms with E-state index in [0.717, 1.165) is 38.4 Å². The summed E-state index contributed by atoms with van der Waals surface area (Å²) in [5.41, 5.74) is 1.52. The fourth-order valence-corrected chi connectivity index (χ4v) is 3.50. The first-order chi connectivity index (χ1) is 13.5. The van der Waals surface area contributed by atoms with Crippen molar-refractivity contribution in [3.8, 4) is 5.75 Å². The second-order valence-corrected chi connectivity index (χ2v) is 7.37. The number of hydrogen-bond acceptors (Lipinski definition) is 4. The Morgan fingerprint density at radius 3 is 2.46 bits per heavy atom. The molecule has 0 aromatic heterocycles. The quantitative estimate of drug-likeness (QED) is 0.698. The number of carbonyl (C=O) groups excluding carboxylic acids is 1. The maximum atomic E-state index is 12.0. The van der Waals surface area contributed by atoms with Gasteiger partial charge in [0.1, 0.15) is 5.75 Å². The van der Waals surface area contributed by atoms with Crippen molar-refractivity contribution in [1.82, 2.24) is 10.2 Å². The van der Waals surface area contributed by atoms with Crippen LogP contribution in [0.25, 0.3) is 0 Å². The summed E-state index contributed by atoms with van der Waals surface area (Å²) in [6, 6.07) is 11.9. The molecule has 0 aliphatic carbocycles. The van der Waals surface area contributed by atoms with E-state index in [9.17, 15) is 9.90 Å². The molecule has 1 aliphatic heterocycles. The summed E-state index contributed by atoms with van der Waals surface area (Å²) in [5, 5.41) is 13.3. The van der Waals surface area contributed by atoms with Crippen LogP contribution >= 0.6 is 23.2 Å². The van der Waals surface area contributed by atoms with Crippen molar-refractivity contribution in [1.29, 1.82) is 0 Å². The van der Waals surface area contributed by atoms with Crippen LogP contribution in [-0.4, -0.2) is 55.2 Å². The number of carbonyl (C=O) groups is 1. The standard InChI is InChI=1S/C21H23Cl2N3O2/c22-18-4-3-5-19(20(18)23)26-14-12-25(13-15-26)11-2-1-10-24-21(28)16-6-8-17(27)9-7-16/h1-9,27H,10-15H2,(H,24,28). The van der Waals surface area contributed by atoms with Crippen LogP contribution in [0.5, 0.6) is 5.75 Å². The fraction of sp³-hybridized carbons (Fsp3) is 0.286. The van der Waals surface area contributed by atoms with Crippen molar-refractivity contribution in [2.24, 2.45) is 0 Å². The zero-order chi connectivity index (χ0) is 19.9. The number of anilines is 1. The first-order valence-corrected chi connectivity index (χ1v) is 9.94. The maximum Gasteiger partial charge on any atom is 0.251 e. The van der Waals surface area contributed by atoms with Crippen LogP contribution < -0.4 is 10.2 Å². The van der Waals surface area contributed by atoms with Gasteiger partial charge in [-0.3, -0.25) is 9.69 Å². The molecule has 0 atom stereocenters. The minimum Gasteiger partial charge on any atom is -0.508 e. The minimum absolute atomic E-state index is 0.147. The molecular formula is C21H23Cl2N3O2. The van der Waals surface area contributed by atoms with Gasteiger partial charge >= 0.3 is 0 Å². The lowest BCUT2D eigenvalue weighted by Crippen LogP contribution is -2.46. The summed E-state index contributed by atoms with van der Waals surface area (Å²) in [4.78, 5) is 16.6. The molecule has 0 spiro atoms. The molecule has 148 valence electrons. The predicted octanol–water partition coefficient (Wildman–Crippen LogP) is 3.81. The largest absolute Gasteiger partial charge is 0.508 e. The Bertz CT molecular complexity index is 832. The third kappa shape index (κ3) is 5.41. The normalized spacial score (nSPS) is 15.1. The number of phenols is 1. The van der Waals surface area contributed by atoms with Crippen molar-refractivity contribution < 1.29 is 9.90 Å². The SMILES string of the molecule is O=C(NCC=CCN1CCN(c2cccc(Cl)c2Cl)CC1)c1ccc(O)cc1. The Hall–Kier alpha value is -2.21. The van der Waals surface area contributed by atoms with E-state index in [4.69, 9.17) is 23.2 Å². The van der Waals surface area contributed by atoms with E-state index in [1.807, 2.05) is 18.2 Å². The highest BCUT2D eigenvalue weighted by molar-refractivity contribution is 6.43. The number of halogens is 2. The number of nitrogens with one attached hydrogen (secondary N) is 1. The molecule has 1 aliphatic rings. The minimum atomic E-state index is -0.156. The molecule has 2 aromatic carbocycles. The van der Waals surface area contributed by atoms with Crippen LogP contribution in [0.1, 0.15) is 10.4 Å². The number of aromatic hydroxyl groups is 1. The van der Waals surface area contributed by atoms with E-state index in [1.165, 1.54) is 12.1 Å². The molecule has 0 radical (unpaired) electrons. The Labute approximate surface area is 175 Å². The number of phenolic OH excluding ortho intramolecular Hbond substituents is 1. The Balaban J connectivity index is 1.39. The molecule has 7 heteroatoms. The number of piperazine rings is 1. The summed E-state index contributed by atoms with van der Waals surface area (Å²) >= 11 is 12.4. The zero-order valence-corrected chi connectivity index (χ0v) is 17.0. The third-order valence-corrected chi connectivity index (χ3v) is 5.49. The van der Waals surface area contributed by atoms with E-state index in [1.54, 1.807) is 18.2 Å². The van der Waals surface area contributed by atoms with Crippen molar-refractivity contribution in [2.45, 2.75) is 0 Å². The Kier molecular flexibility index (Phi) is 7.20. The Morgan fingerprint density at radius 2 is 1.75 bits per heavy atom. The third-order valence-electron chi connectivity index (χ3n) is 4.68. The average Bonchev–Trinajstić information content (AvgIpc) is 2.71. The van der Waals surface area contributed by atoms with Gasteiger partial charge in [0.25, 0.3) is 5.91 Å². The lowest BCUT2D eigenvalue weighted by molar-refractivity contribution is 0.0958. The van der Waals surface area contributed by atoms with Crippen molar-refractivity contribution in [3.05, 3.63) is 70.2 Å². The number of amides is 1. The van der Waals surface area contributed by atoms with Crippen LogP contribution in [0.2, 0.25) is 10.0 Å². The van der Waals surface area contributed by atoms with Crippen LogP contribution in [0.3, 0.4) is 0 Å². The maximum absolute atomic E-state index is 12.0. The molecule has 5 nitrogen and oxygen atoms in total. The van der Waals surface area contributed by atoms with E-state index < -0.39 is 0 Å². The summed E-state index contributed by atoms with van der Waals surface area (Å²) < 4.78 is 0. The first kappa shape index (κ1) is 20.5. The summed E-state index contributed by atoms with van der Waals surface area (Å²) in [6.07, 6.45) is 4.03. The van der Waals surface area contributed by atoms with Crippen LogP contribution in [0.4, 0.5) is 5.69 Å². The predicted molar refractivity (Wildman–Crippen MR) is 115 cm³/mol. The van der Waals surface area contributed by atoms with Crippen molar-refractivity contribution in [2.75, 3.05) is 44.2 Å². The van der Waals surface area contributed by atoms with Gasteiger partial charge in [-0.05, 0) is 36.4 Å². The molecule has 1 saturated heterocycles. The van der Waals surface area contributed by atoms with Crippen LogP contribution in [0, 0.1) is 0 Å². The van der Waals surface area contributed by atoms with E-state index >= 15 is 0 Å². The fourth-order valence-electron chi connectivity index (χ4n) is 3.08. The van der Waals surface area contributed by atoms with Crippen molar-refractivity contribution >= 4 is 34.8 Å². The van der Waals surface area contributed by atoms with Gasteiger partial charge in [0, 0.05) is 44.8 Å². The molecule has 2 N–H and O–H groups in total. The molecular weight excluding hydrogens is 397 g/mol. The monoisotopic (exact) mass is 419 g/mol. The van der Waals surface area contributed by atoms with Gasteiger partial charge in [-0.1, -0.05) is 41.4 Å². The van der Waals surface area contributed by atoms with E-state index in [2.05, 4.69) is 21.2 Å². The molecule has 1 heterocycles. The van der Waals surface area contributed by atoms with Crippen molar-refractivity contribution in [3.63, 3.8) is 0 Å². The van der Waals surface area contributed by atoms with Gasteiger partial charge in [-0.25, -0.2) is 0 Å². The number of hydrogen-bond donors (Lipinski definition) is 2. The second-order valence-electron chi connectivity index (χ2n) is 6.59. The van der Waals surface area contributed by atoms with Gasteiger partial charge < -0.3 is 15.3 Å². The smallest absolute Gasteiger partial charge is 0.251 e. The molecule has 28 heavy (non-hydrogen) atoms. The van der Waals surface area contributed by atoms with E-state index in [-0.39, 0.29) is 11.7 Å². The lowest BCUT2D eigenvalue weighted by atomic mass is 10.2. The highest BCUT2D eigenvalue weighted by atomic mass is 35.5. The average molecular weight is 420 g/mol. The van der Waals surface area contributed by atoms with Crippen LogP contribution in [-0.2, 0) is 0 Å². The van der Waals surface area contributed by atoms with Gasteiger partial charge in [0.15, 0.2) is 0 Å². The van der Waals surface area contributed by atoms with Gasteiger partial charge in [0.2, 0.25) is 0 Å².